The summed E-state index contributed by atoms with van der Waals surface area (Å²) in [4.78, 5) is 0. The highest BCUT2D eigenvalue weighted by molar-refractivity contribution is 6.74. The lowest BCUT2D eigenvalue weighted by Gasteiger charge is -2.37. The van der Waals surface area contributed by atoms with Crippen LogP contribution in [0.1, 0.15) is 40.2 Å². The van der Waals surface area contributed by atoms with E-state index in [1.54, 1.807) is 7.11 Å². The predicted octanol–water partition coefficient (Wildman–Crippen LogP) is 4.27. The molecule has 0 aliphatic carbocycles. The molecule has 20 heavy (non-hydrogen) atoms. The highest BCUT2D eigenvalue weighted by atomic mass is 28.4. The van der Waals surface area contributed by atoms with Crippen molar-refractivity contribution >= 4 is 8.32 Å². The quantitative estimate of drug-likeness (QED) is 0.844. The Hall–Kier alpha value is -1.00. The molecule has 0 aliphatic heterocycles. The van der Waals surface area contributed by atoms with E-state index in [0.717, 1.165) is 17.1 Å². The van der Waals surface area contributed by atoms with Gasteiger partial charge >= 0.3 is 0 Å². The van der Waals surface area contributed by atoms with Gasteiger partial charge in [0.1, 0.15) is 5.75 Å². The van der Waals surface area contributed by atoms with Crippen LogP contribution in [0.15, 0.2) is 18.2 Å². The van der Waals surface area contributed by atoms with Crippen molar-refractivity contribution in [1.29, 1.82) is 0 Å². The topological polar surface area (TPSA) is 44.5 Å². The largest absolute Gasteiger partial charge is 0.541 e. The van der Waals surface area contributed by atoms with Crippen LogP contribution in [-0.4, -0.2) is 15.4 Å². The first kappa shape index (κ1) is 17.0. The molecule has 0 bridgehead atoms. The second kappa shape index (κ2) is 5.41. The van der Waals surface area contributed by atoms with Crippen LogP contribution in [-0.2, 0) is 5.54 Å². The number of methoxy groups -OCH3 is 1. The van der Waals surface area contributed by atoms with Gasteiger partial charge in [0.05, 0.1) is 7.11 Å². The van der Waals surface area contributed by atoms with Gasteiger partial charge in [-0.2, -0.15) is 0 Å². The smallest absolute Gasteiger partial charge is 0.250 e. The van der Waals surface area contributed by atoms with Gasteiger partial charge < -0.3 is 14.9 Å². The molecule has 0 aliphatic rings. The summed E-state index contributed by atoms with van der Waals surface area (Å²) in [5, 5.41) is 0.145. The zero-order valence-corrected chi connectivity index (χ0v) is 15.1. The number of hydrogen-bond acceptors (Lipinski definition) is 3. The summed E-state index contributed by atoms with van der Waals surface area (Å²) in [6.45, 7) is 15.1. The lowest BCUT2D eigenvalue weighted by Crippen LogP contribution is -2.44. The lowest BCUT2D eigenvalue weighted by atomic mass is 9.95. The van der Waals surface area contributed by atoms with Crippen molar-refractivity contribution in [3.05, 3.63) is 23.8 Å². The summed E-state index contributed by atoms with van der Waals surface area (Å²) < 4.78 is 11.8. The maximum Gasteiger partial charge on any atom is 0.250 e. The minimum atomic E-state index is -1.90. The van der Waals surface area contributed by atoms with Crippen molar-refractivity contribution < 1.29 is 9.16 Å². The summed E-state index contributed by atoms with van der Waals surface area (Å²) in [6.07, 6.45) is 0. The van der Waals surface area contributed by atoms with Gasteiger partial charge in [-0.1, -0.05) is 26.8 Å². The Kier molecular flexibility index (Phi) is 4.61. The molecule has 0 atom stereocenters. The summed E-state index contributed by atoms with van der Waals surface area (Å²) >= 11 is 0. The van der Waals surface area contributed by atoms with Crippen LogP contribution < -0.4 is 14.9 Å². The van der Waals surface area contributed by atoms with Crippen molar-refractivity contribution in [1.82, 2.24) is 0 Å². The summed E-state index contributed by atoms with van der Waals surface area (Å²) in [5.41, 5.74) is 6.84. The van der Waals surface area contributed by atoms with Gasteiger partial charge in [0.2, 0.25) is 0 Å². The number of nitrogens with two attached hydrogens (primary N) is 1. The van der Waals surface area contributed by atoms with Gasteiger partial charge in [-0.15, -0.1) is 0 Å². The molecule has 4 heteroatoms. The summed E-state index contributed by atoms with van der Waals surface area (Å²) in [6, 6.07) is 5.95. The van der Waals surface area contributed by atoms with Gasteiger partial charge in [0.25, 0.3) is 8.32 Å². The molecule has 114 valence electrons. The highest BCUT2D eigenvalue weighted by Crippen LogP contribution is 2.40. The highest BCUT2D eigenvalue weighted by Gasteiger charge is 2.39. The fourth-order valence-corrected chi connectivity index (χ4v) is 2.60. The van der Waals surface area contributed by atoms with Crippen LogP contribution in [0.4, 0.5) is 0 Å². The average molecular weight is 295 g/mol. The Morgan fingerprint density at radius 3 is 1.95 bits per heavy atom. The molecule has 0 saturated carbocycles. The Labute approximate surface area is 124 Å². The molecule has 1 rings (SSSR count). The van der Waals surface area contributed by atoms with E-state index in [1.807, 2.05) is 32.0 Å². The average Bonchev–Trinajstić information content (AvgIpc) is 2.25. The molecule has 2 N–H and O–H groups in total. The Bertz CT molecular complexity index is 470. The molecule has 0 heterocycles. The van der Waals surface area contributed by atoms with Crippen LogP contribution in [0, 0.1) is 0 Å². The number of ether oxygens (including phenoxy) is 1. The maximum atomic E-state index is 6.38. The van der Waals surface area contributed by atoms with Crippen LogP contribution in [0.2, 0.25) is 18.1 Å². The molecular weight excluding hydrogens is 266 g/mol. The van der Waals surface area contributed by atoms with Gasteiger partial charge in [-0.25, -0.2) is 0 Å². The Morgan fingerprint density at radius 2 is 1.55 bits per heavy atom. The molecular formula is C16H29NO2Si. The normalized spacial score (nSPS) is 13.2. The molecule has 1 aromatic rings. The summed E-state index contributed by atoms with van der Waals surface area (Å²) in [5.74, 6) is 1.57. The number of rotatable bonds is 4. The molecule has 1 aromatic carbocycles. The Morgan fingerprint density at radius 1 is 1.00 bits per heavy atom. The number of hydrogen-bond donors (Lipinski definition) is 1. The first-order chi connectivity index (χ1) is 8.88. The molecule has 0 spiro atoms. The zero-order chi connectivity index (χ0) is 15.8. The third-order valence-electron chi connectivity index (χ3n) is 4.08. The minimum absolute atomic E-state index is 0.145. The monoisotopic (exact) mass is 295 g/mol. The predicted molar refractivity (Wildman–Crippen MR) is 88.0 cm³/mol. The van der Waals surface area contributed by atoms with Crippen LogP contribution >= 0.6 is 0 Å². The van der Waals surface area contributed by atoms with Gasteiger partial charge in [0.15, 0.2) is 5.75 Å². The van der Waals surface area contributed by atoms with Crippen LogP contribution in [0.25, 0.3) is 0 Å². The zero-order valence-electron chi connectivity index (χ0n) is 14.1. The maximum absolute atomic E-state index is 6.38. The molecule has 3 nitrogen and oxygen atoms in total. The second-order valence-corrected chi connectivity index (χ2v) is 12.2. The SMILES string of the molecule is COc1ccc(C(C)(C)N)cc1O[Si](C)(C)C(C)(C)C. The first-order valence-corrected chi connectivity index (χ1v) is 9.96. The first-order valence-electron chi connectivity index (χ1n) is 7.05. The van der Waals surface area contributed by atoms with Crippen molar-refractivity contribution in [2.75, 3.05) is 7.11 Å². The molecule has 0 radical (unpaired) electrons. The summed E-state index contributed by atoms with van der Waals surface area (Å²) in [7, 11) is -0.228. The third-order valence-corrected chi connectivity index (χ3v) is 8.42. The van der Waals surface area contributed by atoms with Gasteiger partial charge in [0, 0.05) is 5.54 Å². The Balaban J connectivity index is 3.23. The molecule has 0 amide bonds. The van der Waals surface area contributed by atoms with Gasteiger partial charge in [-0.3, -0.25) is 0 Å². The van der Waals surface area contributed by atoms with E-state index in [-0.39, 0.29) is 5.04 Å². The van der Waals surface area contributed by atoms with Crippen LogP contribution in [0.3, 0.4) is 0 Å². The standard InChI is InChI=1S/C16H29NO2Si/c1-15(2,3)20(7,8)19-14-11-12(16(4,5)17)9-10-13(14)18-6/h9-11H,17H2,1-8H3. The van der Waals surface area contributed by atoms with E-state index in [2.05, 4.69) is 33.9 Å². The second-order valence-electron chi connectivity index (χ2n) is 7.45. The fourth-order valence-electron chi connectivity index (χ4n) is 1.59. The van der Waals surface area contributed by atoms with Crippen molar-refractivity contribution in [2.45, 2.75) is 58.3 Å². The number of benzene rings is 1. The van der Waals surface area contributed by atoms with Crippen LogP contribution in [0.5, 0.6) is 11.5 Å². The van der Waals surface area contributed by atoms with E-state index in [0.29, 0.717) is 0 Å². The van der Waals surface area contributed by atoms with Gasteiger partial charge in [-0.05, 0) is 49.7 Å². The van der Waals surface area contributed by atoms with Crippen molar-refractivity contribution in [3.63, 3.8) is 0 Å². The van der Waals surface area contributed by atoms with Crippen molar-refractivity contribution in [2.24, 2.45) is 5.73 Å². The third kappa shape index (κ3) is 3.76. The van der Waals surface area contributed by atoms with Crippen molar-refractivity contribution in [3.8, 4) is 11.5 Å². The molecule has 0 unspecified atom stereocenters. The van der Waals surface area contributed by atoms with E-state index >= 15 is 0 Å². The van der Waals surface area contributed by atoms with E-state index < -0.39 is 13.9 Å². The minimum Gasteiger partial charge on any atom is -0.541 e. The fraction of sp³-hybridized carbons (Fsp3) is 0.625. The molecule has 0 fully saturated rings. The van der Waals surface area contributed by atoms with E-state index in [1.165, 1.54) is 0 Å². The van der Waals surface area contributed by atoms with E-state index in [4.69, 9.17) is 14.9 Å². The lowest BCUT2D eigenvalue weighted by molar-refractivity contribution is 0.384. The molecule has 0 saturated heterocycles. The van der Waals surface area contributed by atoms with E-state index in [9.17, 15) is 0 Å². The molecule has 0 aromatic heterocycles.